The molecule has 0 fully saturated rings. The van der Waals surface area contributed by atoms with Crippen LogP contribution in [0.15, 0.2) is 30.5 Å². The lowest BCUT2D eigenvalue weighted by atomic mass is 10.2. The second-order valence-electron chi connectivity index (χ2n) is 4.81. The third-order valence-electron chi connectivity index (χ3n) is 3.31. The molecule has 21 heavy (non-hydrogen) atoms. The summed E-state index contributed by atoms with van der Waals surface area (Å²) in [6.07, 6.45) is 2.13. The van der Waals surface area contributed by atoms with Gasteiger partial charge < -0.3 is 19.7 Å². The summed E-state index contributed by atoms with van der Waals surface area (Å²) in [5.41, 5.74) is 1.01. The molecule has 1 aromatic heterocycles. The zero-order chi connectivity index (χ0) is 15.4. The molecule has 2 rings (SSSR count). The number of carbonyl (C=O) groups excluding carboxylic acids is 1. The van der Waals surface area contributed by atoms with Crippen LogP contribution >= 0.6 is 0 Å². The first-order chi connectivity index (χ1) is 10.0. The van der Waals surface area contributed by atoms with Crippen molar-refractivity contribution in [1.29, 1.82) is 0 Å². The molecule has 1 heterocycles. The lowest BCUT2D eigenvalue weighted by Gasteiger charge is -2.10. The number of methoxy groups -OCH3 is 1. The highest BCUT2D eigenvalue weighted by Crippen LogP contribution is 2.21. The van der Waals surface area contributed by atoms with Gasteiger partial charge in [-0.05, 0) is 31.2 Å². The number of carboxylic acids is 1. The fraction of sp³-hybridized carbons (Fsp3) is 0.333. The first-order valence-electron chi connectivity index (χ1n) is 6.66. The molecule has 0 saturated carbocycles. The molecule has 0 aliphatic carbocycles. The highest BCUT2D eigenvalue weighted by atomic mass is 16.5. The second-order valence-corrected chi connectivity index (χ2v) is 4.81. The monoisotopic (exact) mass is 290 g/mol. The van der Waals surface area contributed by atoms with Crippen molar-refractivity contribution in [1.82, 2.24) is 9.88 Å². The van der Waals surface area contributed by atoms with E-state index in [9.17, 15) is 9.59 Å². The Morgan fingerprint density at radius 2 is 2.14 bits per heavy atom. The molecule has 0 aliphatic rings. The van der Waals surface area contributed by atoms with Gasteiger partial charge in [0, 0.05) is 30.1 Å². The molecule has 1 unspecified atom stereocenters. The lowest BCUT2D eigenvalue weighted by molar-refractivity contribution is -0.141. The number of carboxylic acid groups (broad SMARTS) is 1. The third kappa shape index (κ3) is 3.53. The van der Waals surface area contributed by atoms with Crippen molar-refractivity contribution in [3.8, 4) is 5.75 Å². The minimum absolute atomic E-state index is 0.230. The number of aliphatic carboxylic acids is 1. The van der Waals surface area contributed by atoms with E-state index in [1.54, 1.807) is 7.11 Å². The number of fused-ring (bicyclic) bond motifs is 1. The van der Waals surface area contributed by atoms with Gasteiger partial charge in [0.1, 0.15) is 11.8 Å². The van der Waals surface area contributed by atoms with Crippen LogP contribution in [0.4, 0.5) is 0 Å². The number of ether oxygens (including phenoxy) is 1. The smallest absolute Gasteiger partial charge is 0.325 e. The number of aromatic nitrogens is 1. The van der Waals surface area contributed by atoms with Crippen molar-refractivity contribution in [3.63, 3.8) is 0 Å². The predicted octanol–water partition coefficient (Wildman–Crippen LogP) is 1.63. The maximum absolute atomic E-state index is 11.7. The number of nitrogens with one attached hydrogen (secondary N) is 1. The Bertz CT molecular complexity index is 663. The van der Waals surface area contributed by atoms with Crippen LogP contribution in [-0.2, 0) is 16.1 Å². The Kier molecular flexibility index (Phi) is 4.47. The summed E-state index contributed by atoms with van der Waals surface area (Å²) < 4.78 is 7.13. The molecule has 6 heteroatoms. The third-order valence-corrected chi connectivity index (χ3v) is 3.31. The van der Waals surface area contributed by atoms with Gasteiger partial charge in [-0.3, -0.25) is 9.59 Å². The zero-order valence-electron chi connectivity index (χ0n) is 12.0. The highest BCUT2D eigenvalue weighted by molar-refractivity contribution is 5.84. The maximum Gasteiger partial charge on any atom is 0.325 e. The summed E-state index contributed by atoms with van der Waals surface area (Å²) in [5.74, 6) is -0.532. The van der Waals surface area contributed by atoms with Crippen molar-refractivity contribution < 1.29 is 19.4 Å². The standard InChI is InChI=1S/C15H18N2O4/c1-10(15(19)20)16-14(18)6-8-17-7-5-11-9-12(21-2)3-4-13(11)17/h3-5,7,9-10H,6,8H2,1-2H3,(H,16,18)(H,19,20). The van der Waals surface area contributed by atoms with Crippen molar-refractivity contribution >= 4 is 22.8 Å². The van der Waals surface area contributed by atoms with E-state index in [2.05, 4.69) is 5.32 Å². The Morgan fingerprint density at radius 1 is 1.38 bits per heavy atom. The summed E-state index contributed by atoms with van der Waals surface area (Å²) in [6, 6.07) is 6.81. The maximum atomic E-state index is 11.7. The van der Waals surface area contributed by atoms with Gasteiger partial charge in [-0.25, -0.2) is 0 Å². The minimum atomic E-state index is -1.04. The summed E-state index contributed by atoms with van der Waals surface area (Å²) in [4.78, 5) is 22.4. The number of hydrogen-bond acceptors (Lipinski definition) is 3. The van der Waals surface area contributed by atoms with Crippen molar-refractivity contribution in [2.75, 3.05) is 7.11 Å². The molecule has 0 spiro atoms. The summed E-state index contributed by atoms with van der Waals surface area (Å²) in [7, 11) is 1.62. The Morgan fingerprint density at radius 3 is 2.81 bits per heavy atom. The van der Waals surface area contributed by atoms with E-state index >= 15 is 0 Å². The van der Waals surface area contributed by atoms with E-state index in [4.69, 9.17) is 9.84 Å². The van der Waals surface area contributed by atoms with Crippen molar-refractivity contribution in [2.45, 2.75) is 25.9 Å². The quantitative estimate of drug-likeness (QED) is 0.847. The van der Waals surface area contributed by atoms with E-state index in [1.165, 1.54) is 6.92 Å². The molecular weight excluding hydrogens is 272 g/mol. The van der Waals surface area contributed by atoms with Gasteiger partial charge in [-0.1, -0.05) is 0 Å². The molecule has 0 radical (unpaired) electrons. The molecule has 112 valence electrons. The van der Waals surface area contributed by atoms with Gasteiger partial charge in [0.25, 0.3) is 0 Å². The van der Waals surface area contributed by atoms with Crippen LogP contribution in [0.5, 0.6) is 5.75 Å². The molecular formula is C15H18N2O4. The molecule has 1 aromatic carbocycles. The molecule has 6 nitrogen and oxygen atoms in total. The molecule has 2 N–H and O–H groups in total. The topological polar surface area (TPSA) is 80.6 Å². The van der Waals surface area contributed by atoms with Gasteiger partial charge in [-0.2, -0.15) is 0 Å². The minimum Gasteiger partial charge on any atom is -0.497 e. The van der Waals surface area contributed by atoms with Crippen LogP contribution in [0, 0.1) is 0 Å². The first-order valence-corrected chi connectivity index (χ1v) is 6.66. The van der Waals surface area contributed by atoms with Gasteiger partial charge in [0.05, 0.1) is 7.11 Å². The second kappa shape index (κ2) is 6.30. The van der Waals surface area contributed by atoms with Crippen molar-refractivity contribution in [2.24, 2.45) is 0 Å². The van der Waals surface area contributed by atoms with Crippen LogP contribution in [0.2, 0.25) is 0 Å². The number of amides is 1. The molecule has 1 atom stereocenters. The van der Waals surface area contributed by atoms with Crippen LogP contribution < -0.4 is 10.1 Å². The summed E-state index contributed by atoms with van der Waals surface area (Å²) >= 11 is 0. The fourth-order valence-electron chi connectivity index (χ4n) is 2.10. The first kappa shape index (κ1) is 14.9. The SMILES string of the molecule is COc1ccc2c(ccn2CCC(=O)NC(C)C(=O)O)c1. The van der Waals surface area contributed by atoms with E-state index in [0.29, 0.717) is 6.54 Å². The Labute approximate surface area is 122 Å². The number of aryl methyl sites for hydroxylation is 1. The van der Waals surface area contributed by atoms with Gasteiger partial charge in [0.2, 0.25) is 5.91 Å². The largest absolute Gasteiger partial charge is 0.497 e. The molecule has 1 amide bonds. The van der Waals surface area contributed by atoms with Crippen LogP contribution in [0.25, 0.3) is 10.9 Å². The summed E-state index contributed by atoms with van der Waals surface area (Å²) in [5, 5.41) is 12.2. The Balaban J connectivity index is 2.00. The average molecular weight is 290 g/mol. The number of benzene rings is 1. The van der Waals surface area contributed by atoms with E-state index < -0.39 is 12.0 Å². The molecule has 0 saturated heterocycles. The van der Waals surface area contributed by atoms with Crippen LogP contribution in [-0.4, -0.2) is 34.7 Å². The van der Waals surface area contributed by atoms with Gasteiger partial charge in [0.15, 0.2) is 0 Å². The normalized spacial score (nSPS) is 12.1. The number of nitrogens with zero attached hydrogens (tertiary/aromatic N) is 1. The highest BCUT2D eigenvalue weighted by Gasteiger charge is 2.13. The Hall–Kier alpha value is -2.50. The number of carbonyl (C=O) groups is 2. The van der Waals surface area contributed by atoms with E-state index in [1.807, 2.05) is 35.0 Å². The van der Waals surface area contributed by atoms with E-state index in [-0.39, 0.29) is 12.3 Å². The number of rotatable bonds is 6. The van der Waals surface area contributed by atoms with Gasteiger partial charge in [-0.15, -0.1) is 0 Å². The lowest BCUT2D eigenvalue weighted by Crippen LogP contribution is -2.38. The average Bonchev–Trinajstić information content (AvgIpc) is 2.87. The van der Waals surface area contributed by atoms with E-state index in [0.717, 1.165) is 16.7 Å². The van der Waals surface area contributed by atoms with Crippen LogP contribution in [0.3, 0.4) is 0 Å². The zero-order valence-corrected chi connectivity index (χ0v) is 12.0. The van der Waals surface area contributed by atoms with Crippen LogP contribution in [0.1, 0.15) is 13.3 Å². The predicted molar refractivity (Wildman–Crippen MR) is 78.3 cm³/mol. The molecule has 0 aliphatic heterocycles. The summed E-state index contributed by atoms with van der Waals surface area (Å²) in [6.45, 7) is 1.94. The number of hydrogen-bond donors (Lipinski definition) is 2. The fourth-order valence-corrected chi connectivity index (χ4v) is 2.10. The van der Waals surface area contributed by atoms with Gasteiger partial charge >= 0.3 is 5.97 Å². The molecule has 0 bridgehead atoms. The van der Waals surface area contributed by atoms with Crippen molar-refractivity contribution in [3.05, 3.63) is 30.5 Å². The molecule has 2 aromatic rings.